The van der Waals surface area contributed by atoms with Gasteiger partial charge in [-0.05, 0) is 35.7 Å². The maximum Gasteiger partial charge on any atom is 0.224 e. The topological polar surface area (TPSA) is 120 Å². The van der Waals surface area contributed by atoms with Crippen LogP contribution in [0.2, 0.25) is 0 Å². The van der Waals surface area contributed by atoms with E-state index in [0.717, 1.165) is 23.1 Å². The fraction of sp³-hybridized carbons (Fsp3) is 0.182. The zero-order valence-electron chi connectivity index (χ0n) is 16.5. The van der Waals surface area contributed by atoms with Crippen LogP contribution in [0.15, 0.2) is 48.7 Å². The van der Waals surface area contributed by atoms with Crippen molar-refractivity contribution in [2.24, 2.45) is 0 Å². The first-order valence-electron chi connectivity index (χ1n) is 9.85. The van der Waals surface area contributed by atoms with Crippen molar-refractivity contribution in [2.45, 2.75) is 19.0 Å². The minimum Gasteiger partial charge on any atom is -0.368 e. The number of fused-ring (bicyclic) bond motifs is 2. The zero-order chi connectivity index (χ0) is 21.4. The highest BCUT2D eigenvalue weighted by Gasteiger charge is 2.25. The van der Waals surface area contributed by atoms with E-state index in [4.69, 9.17) is 11.0 Å². The van der Waals surface area contributed by atoms with Crippen LogP contribution in [0.4, 0.5) is 21.8 Å². The Morgan fingerprint density at radius 3 is 3.00 bits per heavy atom. The van der Waals surface area contributed by atoms with E-state index in [2.05, 4.69) is 42.5 Å². The van der Waals surface area contributed by atoms with E-state index >= 15 is 0 Å². The van der Waals surface area contributed by atoms with Gasteiger partial charge in [0.05, 0.1) is 17.1 Å². The largest absolute Gasteiger partial charge is 0.368 e. The molecule has 8 nitrogen and oxygen atoms in total. The summed E-state index contributed by atoms with van der Waals surface area (Å²) in [5.41, 5.74) is 9.68. The molecule has 0 amide bonds. The molecule has 154 valence electrons. The van der Waals surface area contributed by atoms with Crippen LogP contribution in [0.1, 0.15) is 16.7 Å². The van der Waals surface area contributed by atoms with E-state index in [1.54, 1.807) is 18.3 Å². The number of nitrogens with two attached hydrogens (primary N) is 1. The number of nitrogen functional groups attached to an aromatic ring is 1. The summed E-state index contributed by atoms with van der Waals surface area (Å²) in [6, 6.07) is 14.8. The number of aromatic nitrogens is 4. The van der Waals surface area contributed by atoms with Crippen LogP contribution >= 0.6 is 0 Å². The fourth-order valence-electron chi connectivity index (χ4n) is 4.07. The van der Waals surface area contributed by atoms with Gasteiger partial charge in [0, 0.05) is 24.8 Å². The molecule has 3 heterocycles. The first-order valence-corrected chi connectivity index (χ1v) is 9.85. The Hall–Kier alpha value is -4.19. The average molecular weight is 414 g/mol. The maximum absolute atomic E-state index is 13.7. The van der Waals surface area contributed by atoms with E-state index in [0.29, 0.717) is 24.6 Å². The molecule has 31 heavy (non-hydrogen) atoms. The summed E-state index contributed by atoms with van der Waals surface area (Å²) in [5.74, 6) is 0.298. The van der Waals surface area contributed by atoms with Crippen LogP contribution in [0.5, 0.6) is 0 Å². The first-order chi connectivity index (χ1) is 15.1. The lowest BCUT2D eigenvalue weighted by Crippen LogP contribution is -2.42. The van der Waals surface area contributed by atoms with E-state index < -0.39 is 5.82 Å². The fourth-order valence-corrected chi connectivity index (χ4v) is 4.07. The number of anilines is 3. The van der Waals surface area contributed by atoms with Crippen molar-refractivity contribution in [1.82, 2.24) is 20.2 Å². The molecule has 2 aromatic carbocycles. The molecule has 0 aliphatic carbocycles. The Morgan fingerprint density at radius 2 is 2.13 bits per heavy atom. The van der Waals surface area contributed by atoms with Crippen LogP contribution < -0.4 is 16.0 Å². The highest BCUT2D eigenvalue weighted by Crippen LogP contribution is 2.30. The smallest absolute Gasteiger partial charge is 0.224 e. The van der Waals surface area contributed by atoms with Crippen molar-refractivity contribution in [1.29, 1.82) is 5.26 Å². The zero-order valence-corrected chi connectivity index (χ0v) is 16.5. The second kappa shape index (κ2) is 7.57. The second-order valence-corrected chi connectivity index (χ2v) is 7.54. The molecule has 0 bridgehead atoms. The number of rotatable bonds is 4. The molecule has 1 atom stereocenters. The Morgan fingerprint density at radius 1 is 1.26 bits per heavy atom. The van der Waals surface area contributed by atoms with Gasteiger partial charge in [-0.15, -0.1) is 0 Å². The highest BCUT2D eigenvalue weighted by atomic mass is 19.1. The SMILES string of the molecule is N#Cc1cc(CN2CC(Nc3nc(N)nc4[nH]ncc34)Cc3ccccc32)ccc1F. The quantitative estimate of drug-likeness (QED) is 0.470. The molecule has 0 saturated heterocycles. The van der Waals surface area contributed by atoms with Gasteiger partial charge in [0.2, 0.25) is 5.95 Å². The van der Waals surface area contributed by atoms with Gasteiger partial charge in [0.15, 0.2) is 5.65 Å². The Kier molecular flexibility index (Phi) is 4.59. The number of H-pyrrole nitrogens is 1. The molecule has 1 aliphatic heterocycles. The first kappa shape index (κ1) is 18.8. The molecular weight excluding hydrogens is 395 g/mol. The van der Waals surface area contributed by atoms with Crippen LogP contribution in [-0.4, -0.2) is 32.8 Å². The molecule has 2 aromatic heterocycles. The van der Waals surface area contributed by atoms with Crippen molar-refractivity contribution in [3.63, 3.8) is 0 Å². The molecule has 4 N–H and O–H groups in total. The summed E-state index contributed by atoms with van der Waals surface area (Å²) < 4.78 is 13.7. The van der Waals surface area contributed by atoms with Gasteiger partial charge in [-0.3, -0.25) is 5.10 Å². The monoisotopic (exact) mass is 414 g/mol. The van der Waals surface area contributed by atoms with E-state index in [1.807, 2.05) is 18.2 Å². The van der Waals surface area contributed by atoms with Crippen molar-refractivity contribution >= 4 is 28.5 Å². The van der Waals surface area contributed by atoms with Crippen LogP contribution in [0.25, 0.3) is 11.0 Å². The number of nitrogens with one attached hydrogen (secondary N) is 2. The molecule has 1 unspecified atom stereocenters. The third-order valence-electron chi connectivity index (χ3n) is 5.43. The molecule has 9 heteroatoms. The molecule has 1 aliphatic rings. The maximum atomic E-state index is 13.7. The molecule has 0 fully saturated rings. The summed E-state index contributed by atoms with van der Waals surface area (Å²) >= 11 is 0. The van der Waals surface area contributed by atoms with E-state index in [1.165, 1.54) is 11.6 Å². The van der Waals surface area contributed by atoms with E-state index in [9.17, 15) is 4.39 Å². The van der Waals surface area contributed by atoms with Gasteiger partial charge >= 0.3 is 0 Å². The lowest BCUT2D eigenvalue weighted by atomic mass is 9.97. The predicted octanol–water partition coefficient (Wildman–Crippen LogP) is 2.99. The van der Waals surface area contributed by atoms with Crippen molar-refractivity contribution in [2.75, 3.05) is 22.5 Å². The van der Waals surface area contributed by atoms with Crippen LogP contribution in [0, 0.1) is 17.1 Å². The van der Waals surface area contributed by atoms with Crippen molar-refractivity contribution in [3.8, 4) is 6.07 Å². The van der Waals surface area contributed by atoms with Crippen molar-refractivity contribution in [3.05, 3.63) is 71.2 Å². The van der Waals surface area contributed by atoms with Gasteiger partial charge in [-0.25, -0.2) is 4.39 Å². The molecule has 4 aromatic rings. The molecule has 0 spiro atoms. The van der Waals surface area contributed by atoms with E-state index in [-0.39, 0.29) is 17.6 Å². The number of nitriles is 1. The number of benzene rings is 2. The number of hydrogen-bond acceptors (Lipinski definition) is 7. The van der Waals surface area contributed by atoms with Gasteiger partial charge in [-0.2, -0.15) is 20.3 Å². The Labute approximate surface area is 177 Å². The second-order valence-electron chi connectivity index (χ2n) is 7.54. The number of nitrogens with zero attached hydrogens (tertiary/aromatic N) is 5. The number of hydrogen-bond donors (Lipinski definition) is 3. The van der Waals surface area contributed by atoms with Crippen LogP contribution in [-0.2, 0) is 13.0 Å². The third-order valence-corrected chi connectivity index (χ3v) is 5.43. The molecule has 5 rings (SSSR count). The van der Waals surface area contributed by atoms with Gasteiger partial charge in [-0.1, -0.05) is 24.3 Å². The lowest BCUT2D eigenvalue weighted by molar-refractivity contribution is 0.617. The molecular formula is C22H19FN8. The standard InChI is InChI=1S/C22H19FN8/c23-18-6-5-13(7-15(18)9-24)11-31-12-16(8-14-3-1-2-4-19(14)31)27-20-17-10-26-30-21(17)29-22(25)28-20/h1-7,10,16H,8,11-12H2,(H4,25,26,27,28,29,30). The van der Waals surface area contributed by atoms with Gasteiger partial charge < -0.3 is 16.0 Å². The summed E-state index contributed by atoms with van der Waals surface area (Å²) in [5, 5.41) is 20.3. The number of para-hydroxylation sites is 1. The minimum absolute atomic E-state index is 0.0521. The Bertz CT molecular complexity index is 1310. The third kappa shape index (κ3) is 3.59. The molecule has 0 radical (unpaired) electrons. The lowest BCUT2D eigenvalue weighted by Gasteiger charge is -2.37. The normalized spacial score (nSPS) is 15.5. The van der Waals surface area contributed by atoms with Crippen molar-refractivity contribution < 1.29 is 4.39 Å². The summed E-state index contributed by atoms with van der Waals surface area (Å²) in [4.78, 5) is 10.7. The van der Waals surface area contributed by atoms with Gasteiger partial charge in [0.25, 0.3) is 0 Å². The average Bonchev–Trinajstić information content (AvgIpc) is 3.24. The number of aromatic amines is 1. The van der Waals surface area contributed by atoms with Crippen LogP contribution in [0.3, 0.4) is 0 Å². The Balaban J connectivity index is 1.45. The summed E-state index contributed by atoms with van der Waals surface area (Å²) in [7, 11) is 0. The van der Waals surface area contributed by atoms with Gasteiger partial charge in [0.1, 0.15) is 17.7 Å². The number of halogens is 1. The highest BCUT2D eigenvalue weighted by molar-refractivity contribution is 5.87. The summed E-state index contributed by atoms with van der Waals surface area (Å²) in [6.45, 7) is 1.25. The summed E-state index contributed by atoms with van der Waals surface area (Å²) in [6.07, 6.45) is 2.48. The minimum atomic E-state index is -0.504. The predicted molar refractivity (Wildman–Crippen MR) is 116 cm³/mol. The molecule has 0 saturated carbocycles.